The highest BCUT2D eigenvalue weighted by Crippen LogP contribution is 2.32. The lowest BCUT2D eigenvalue weighted by atomic mass is 10.1. The van der Waals surface area contributed by atoms with Gasteiger partial charge in [0.05, 0.1) is 24.6 Å². The summed E-state index contributed by atoms with van der Waals surface area (Å²) in [7, 11) is 0.735. The zero-order valence-electron chi connectivity index (χ0n) is 18.3. The number of ether oxygens (including phenoxy) is 1. The maximum atomic E-state index is 13.1. The standard InChI is InChI=1S/C23H23ClN4O4S/c1-28(2)15-26-33(30,31)22-12-18(27-23(29)11-16-6-4-5-7-21(16)24)8-9-20(22)17-10-19(32-3)14-25-13-17/h4-10,12-15H,11H2,1-3H3,(H,27,29)/b26-15+. The van der Waals surface area contributed by atoms with Gasteiger partial charge in [-0.3, -0.25) is 9.78 Å². The third kappa shape index (κ3) is 6.30. The molecule has 0 spiro atoms. The van der Waals surface area contributed by atoms with Gasteiger partial charge in [-0.15, -0.1) is 4.40 Å². The normalized spacial score (nSPS) is 11.4. The largest absolute Gasteiger partial charge is 0.495 e. The van der Waals surface area contributed by atoms with Crippen LogP contribution in [0.15, 0.2) is 70.2 Å². The van der Waals surface area contributed by atoms with E-state index >= 15 is 0 Å². The van der Waals surface area contributed by atoms with Gasteiger partial charge in [0.15, 0.2) is 0 Å². The summed E-state index contributed by atoms with van der Waals surface area (Å²) in [4.78, 5) is 18.1. The van der Waals surface area contributed by atoms with Gasteiger partial charge in [-0.2, -0.15) is 8.42 Å². The van der Waals surface area contributed by atoms with Gasteiger partial charge in [0.2, 0.25) is 5.91 Å². The molecule has 0 aliphatic carbocycles. The summed E-state index contributed by atoms with van der Waals surface area (Å²) in [5.41, 5.74) is 1.88. The molecular weight excluding hydrogens is 464 g/mol. The molecule has 1 heterocycles. The number of rotatable bonds is 8. The minimum absolute atomic E-state index is 0.0437. The van der Waals surface area contributed by atoms with E-state index in [4.69, 9.17) is 16.3 Å². The molecule has 0 atom stereocenters. The van der Waals surface area contributed by atoms with Crippen LogP contribution in [-0.4, -0.2) is 51.8 Å². The van der Waals surface area contributed by atoms with Gasteiger partial charge >= 0.3 is 0 Å². The van der Waals surface area contributed by atoms with Crippen LogP contribution in [0.4, 0.5) is 5.69 Å². The third-order valence-corrected chi connectivity index (χ3v) is 6.16. The van der Waals surface area contributed by atoms with Gasteiger partial charge in [-0.1, -0.05) is 35.9 Å². The molecule has 172 valence electrons. The quantitative estimate of drug-likeness (QED) is 0.383. The van der Waals surface area contributed by atoms with Crippen molar-refractivity contribution < 1.29 is 17.9 Å². The van der Waals surface area contributed by atoms with E-state index in [-0.39, 0.29) is 17.2 Å². The van der Waals surface area contributed by atoms with Gasteiger partial charge in [0.25, 0.3) is 10.0 Å². The van der Waals surface area contributed by atoms with Crippen LogP contribution >= 0.6 is 11.6 Å². The first-order valence-electron chi connectivity index (χ1n) is 9.83. The van der Waals surface area contributed by atoms with E-state index in [0.29, 0.717) is 33.1 Å². The first-order chi connectivity index (χ1) is 15.7. The summed E-state index contributed by atoms with van der Waals surface area (Å²) < 4.78 is 35.1. The molecule has 0 fully saturated rings. The molecule has 33 heavy (non-hydrogen) atoms. The van der Waals surface area contributed by atoms with Gasteiger partial charge in [-0.05, 0) is 29.8 Å². The van der Waals surface area contributed by atoms with Crippen LogP contribution in [0.1, 0.15) is 5.56 Å². The average molecular weight is 487 g/mol. The van der Waals surface area contributed by atoms with Crippen LogP contribution < -0.4 is 10.1 Å². The fraction of sp³-hybridized carbons (Fsp3) is 0.174. The summed E-state index contributed by atoms with van der Waals surface area (Å²) in [6, 6.07) is 13.3. The van der Waals surface area contributed by atoms with E-state index in [0.717, 1.165) is 0 Å². The Hall–Kier alpha value is -3.43. The third-order valence-electron chi connectivity index (χ3n) is 4.53. The molecule has 0 unspecified atom stereocenters. The number of sulfonamides is 1. The summed E-state index contributed by atoms with van der Waals surface area (Å²) in [5.74, 6) is 0.142. The molecule has 1 N–H and O–H groups in total. The Kier molecular flexibility index (Phi) is 7.67. The molecule has 10 heteroatoms. The van der Waals surface area contributed by atoms with E-state index in [1.54, 1.807) is 56.6 Å². The van der Waals surface area contributed by atoms with Crippen LogP contribution in [0.25, 0.3) is 11.1 Å². The molecule has 0 aliphatic heterocycles. The van der Waals surface area contributed by atoms with Crippen LogP contribution in [0, 0.1) is 0 Å². The van der Waals surface area contributed by atoms with E-state index in [2.05, 4.69) is 14.7 Å². The number of nitrogens with zero attached hydrogens (tertiary/aromatic N) is 3. The Labute approximate surface area is 197 Å². The van der Waals surface area contributed by atoms with Gasteiger partial charge < -0.3 is 15.0 Å². The topological polar surface area (TPSA) is 101 Å². The number of carbonyl (C=O) groups is 1. The highest BCUT2D eigenvalue weighted by atomic mass is 35.5. The highest BCUT2D eigenvalue weighted by Gasteiger charge is 2.21. The molecule has 0 radical (unpaired) electrons. The SMILES string of the molecule is COc1cncc(-c2ccc(NC(=O)Cc3ccccc3Cl)cc2S(=O)(=O)/N=C/N(C)C)c1. The minimum atomic E-state index is -4.09. The number of carbonyl (C=O) groups excluding carboxylic acids is 1. The van der Waals surface area contributed by atoms with Crippen molar-refractivity contribution in [3.8, 4) is 16.9 Å². The van der Waals surface area contributed by atoms with E-state index in [1.165, 1.54) is 36.8 Å². The number of hydrogen-bond donors (Lipinski definition) is 1. The van der Waals surface area contributed by atoms with Crippen LogP contribution in [0.2, 0.25) is 5.02 Å². The van der Waals surface area contributed by atoms with Crippen LogP contribution in [0.5, 0.6) is 5.75 Å². The molecule has 0 saturated heterocycles. The molecule has 2 aromatic carbocycles. The number of aromatic nitrogens is 1. The number of halogens is 1. The number of hydrogen-bond acceptors (Lipinski definition) is 5. The van der Waals surface area contributed by atoms with Crippen molar-refractivity contribution in [1.82, 2.24) is 9.88 Å². The van der Waals surface area contributed by atoms with Gasteiger partial charge in [0, 0.05) is 42.1 Å². The van der Waals surface area contributed by atoms with Crippen LogP contribution in [-0.2, 0) is 21.2 Å². The second kappa shape index (κ2) is 10.5. The molecular formula is C23H23ClN4O4S. The Balaban J connectivity index is 2.00. The summed E-state index contributed by atoms with van der Waals surface area (Å²) in [6.07, 6.45) is 4.29. The number of nitrogens with one attached hydrogen (secondary N) is 1. The first kappa shape index (κ1) is 24.2. The van der Waals surface area contributed by atoms with Crippen molar-refractivity contribution in [2.75, 3.05) is 26.5 Å². The highest BCUT2D eigenvalue weighted by molar-refractivity contribution is 7.90. The monoisotopic (exact) mass is 486 g/mol. The maximum Gasteiger partial charge on any atom is 0.284 e. The number of amides is 1. The fourth-order valence-electron chi connectivity index (χ4n) is 2.96. The molecule has 3 rings (SSSR count). The molecule has 0 bridgehead atoms. The van der Waals surface area contributed by atoms with Crippen molar-refractivity contribution in [2.24, 2.45) is 4.40 Å². The predicted molar refractivity (Wildman–Crippen MR) is 129 cm³/mol. The lowest BCUT2D eigenvalue weighted by Gasteiger charge is -2.13. The van der Waals surface area contributed by atoms with E-state index in [9.17, 15) is 13.2 Å². The lowest BCUT2D eigenvalue weighted by Crippen LogP contribution is -2.15. The van der Waals surface area contributed by atoms with Crippen molar-refractivity contribution in [2.45, 2.75) is 11.3 Å². The molecule has 8 nitrogen and oxygen atoms in total. The second-order valence-corrected chi connectivity index (χ2v) is 9.31. The van der Waals surface area contributed by atoms with Crippen molar-refractivity contribution >= 4 is 39.6 Å². The van der Waals surface area contributed by atoms with E-state index < -0.39 is 10.0 Å². The number of methoxy groups -OCH3 is 1. The molecule has 0 saturated carbocycles. The molecule has 1 amide bonds. The zero-order valence-corrected chi connectivity index (χ0v) is 19.9. The molecule has 0 aliphatic rings. The fourth-order valence-corrected chi connectivity index (χ4v) is 4.33. The Morgan fingerprint density at radius 2 is 1.94 bits per heavy atom. The van der Waals surface area contributed by atoms with Gasteiger partial charge in [0.1, 0.15) is 12.1 Å². The second-order valence-electron chi connectivity index (χ2n) is 7.30. The Bertz CT molecular complexity index is 1290. The van der Waals surface area contributed by atoms with E-state index in [1.807, 2.05) is 0 Å². The number of benzene rings is 2. The van der Waals surface area contributed by atoms with Gasteiger partial charge in [-0.25, -0.2) is 0 Å². The Morgan fingerprint density at radius 1 is 1.18 bits per heavy atom. The molecule has 3 aromatic rings. The van der Waals surface area contributed by atoms with Crippen molar-refractivity contribution in [3.63, 3.8) is 0 Å². The predicted octanol–water partition coefficient (Wildman–Crippen LogP) is 3.87. The summed E-state index contributed by atoms with van der Waals surface area (Å²) in [5, 5.41) is 3.21. The van der Waals surface area contributed by atoms with Crippen molar-refractivity contribution in [1.29, 1.82) is 0 Å². The summed E-state index contributed by atoms with van der Waals surface area (Å²) in [6.45, 7) is 0. The number of pyridine rings is 1. The summed E-state index contributed by atoms with van der Waals surface area (Å²) >= 11 is 6.13. The maximum absolute atomic E-state index is 13.1. The smallest absolute Gasteiger partial charge is 0.284 e. The lowest BCUT2D eigenvalue weighted by molar-refractivity contribution is -0.115. The zero-order chi connectivity index (χ0) is 24.0. The number of anilines is 1. The first-order valence-corrected chi connectivity index (χ1v) is 11.6. The average Bonchev–Trinajstić information content (AvgIpc) is 2.79. The van der Waals surface area contributed by atoms with Crippen molar-refractivity contribution in [3.05, 3.63) is 71.5 Å². The Morgan fingerprint density at radius 3 is 2.64 bits per heavy atom. The minimum Gasteiger partial charge on any atom is -0.495 e. The molecule has 1 aromatic heterocycles. The van der Waals surface area contributed by atoms with Crippen LogP contribution in [0.3, 0.4) is 0 Å².